The van der Waals surface area contributed by atoms with Gasteiger partial charge in [0.05, 0.1) is 29.3 Å². The molecule has 0 saturated carbocycles. The molecule has 0 aliphatic heterocycles. The molecule has 0 spiro atoms. The van der Waals surface area contributed by atoms with E-state index in [-0.39, 0.29) is 11.6 Å². The van der Waals surface area contributed by atoms with Crippen molar-refractivity contribution in [1.82, 2.24) is 4.98 Å². The van der Waals surface area contributed by atoms with Crippen molar-refractivity contribution in [2.45, 2.75) is 19.8 Å². The van der Waals surface area contributed by atoms with Crippen molar-refractivity contribution >= 4 is 53.8 Å². The zero-order chi connectivity index (χ0) is 24.0. The molecule has 0 radical (unpaired) electrons. The molecule has 3 aromatic rings. The predicted molar refractivity (Wildman–Crippen MR) is 130 cm³/mol. The topological polar surface area (TPSA) is 105 Å². The molecule has 1 atom stereocenters. The minimum atomic E-state index is -4.05. The van der Waals surface area contributed by atoms with Crippen LogP contribution in [-0.2, 0) is 37.7 Å². The largest absolute Gasteiger partial charge is 0.273 e. The lowest BCUT2D eigenvalue weighted by Gasteiger charge is -2.30. The van der Waals surface area contributed by atoms with E-state index in [4.69, 9.17) is 0 Å². The van der Waals surface area contributed by atoms with Gasteiger partial charge in [0.15, 0.2) is 5.13 Å². The molecule has 8 nitrogen and oxygen atoms in total. The Morgan fingerprint density at radius 3 is 2.15 bits per heavy atom. The fourth-order valence-corrected chi connectivity index (χ4v) is 7.85. The summed E-state index contributed by atoms with van der Waals surface area (Å²) >= 11 is 1.36. The van der Waals surface area contributed by atoms with Crippen LogP contribution in [-0.4, -0.2) is 40.2 Å². The van der Waals surface area contributed by atoms with Crippen LogP contribution in [0, 0.1) is 5.41 Å². The van der Waals surface area contributed by atoms with Crippen molar-refractivity contribution in [3.63, 3.8) is 0 Å². The first kappa shape index (κ1) is 23.4. The van der Waals surface area contributed by atoms with E-state index in [0.29, 0.717) is 27.4 Å². The summed E-state index contributed by atoms with van der Waals surface area (Å²) in [4.78, 5) is 19.8. The molecular weight excluding hydrogens is 482 g/mol. The van der Waals surface area contributed by atoms with Crippen LogP contribution in [0.1, 0.15) is 18.1 Å². The summed E-state index contributed by atoms with van der Waals surface area (Å²) in [5.41, 5.74) is 1.55. The van der Waals surface area contributed by atoms with Gasteiger partial charge in [0, 0.05) is 11.6 Å². The van der Waals surface area contributed by atoms with Gasteiger partial charge in [0.2, 0.25) is 26.0 Å². The molecule has 0 N–H and O–H groups in total. The molecule has 1 heterocycles. The van der Waals surface area contributed by atoms with Gasteiger partial charge >= 0.3 is 0 Å². The molecule has 1 amide bonds. The Kier molecular flexibility index (Phi) is 5.83. The molecular formula is C22H23N3O5S3. The minimum absolute atomic E-state index is 0.0373. The monoisotopic (exact) mass is 505 g/mol. The molecule has 1 unspecified atom stereocenters. The number of amides is 1. The number of nitrogens with zero attached hydrogens (tertiary/aromatic N) is 3. The lowest BCUT2D eigenvalue weighted by Crippen LogP contribution is -2.40. The average Bonchev–Trinajstić information content (AvgIpc) is 3.34. The fraction of sp³-hybridized carbons (Fsp3) is 0.273. The second kappa shape index (κ2) is 8.23. The first-order valence-electron chi connectivity index (χ1n) is 10.0. The van der Waals surface area contributed by atoms with Crippen LogP contribution in [0.5, 0.6) is 0 Å². The summed E-state index contributed by atoms with van der Waals surface area (Å²) in [6.45, 7) is 1.86. The molecule has 0 saturated heterocycles. The molecule has 11 heteroatoms. The Morgan fingerprint density at radius 1 is 0.939 bits per heavy atom. The van der Waals surface area contributed by atoms with Gasteiger partial charge in [0.25, 0.3) is 0 Å². The van der Waals surface area contributed by atoms with E-state index in [1.807, 2.05) is 42.6 Å². The quantitative estimate of drug-likeness (QED) is 0.509. The highest BCUT2D eigenvalue weighted by Gasteiger charge is 2.44. The van der Waals surface area contributed by atoms with E-state index in [2.05, 4.69) is 4.98 Å². The summed E-state index contributed by atoms with van der Waals surface area (Å²) in [7, 11) is -8.11. The van der Waals surface area contributed by atoms with Crippen LogP contribution >= 0.6 is 11.3 Å². The van der Waals surface area contributed by atoms with Crippen molar-refractivity contribution in [2.24, 2.45) is 5.41 Å². The van der Waals surface area contributed by atoms with Gasteiger partial charge in [0.1, 0.15) is 0 Å². The minimum Gasteiger partial charge on any atom is -0.273 e. The van der Waals surface area contributed by atoms with Gasteiger partial charge in [-0.15, -0.1) is 11.3 Å². The Hall–Kier alpha value is -2.76. The van der Waals surface area contributed by atoms with Crippen LogP contribution < -0.4 is 8.61 Å². The van der Waals surface area contributed by atoms with Crippen molar-refractivity contribution in [1.29, 1.82) is 0 Å². The number of fused-ring (bicyclic) bond motifs is 1. The van der Waals surface area contributed by atoms with Gasteiger partial charge in [-0.3, -0.25) is 9.69 Å². The smallest absolute Gasteiger partial charge is 0.245 e. The van der Waals surface area contributed by atoms with E-state index in [1.54, 1.807) is 23.2 Å². The van der Waals surface area contributed by atoms with E-state index in [9.17, 15) is 21.6 Å². The number of carbonyl (C=O) groups is 1. The van der Waals surface area contributed by atoms with E-state index >= 15 is 0 Å². The Labute approximate surface area is 197 Å². The Bertz CT molecular complexity index is 1370. The number of hydrogen-bond acceptors (Lipinski definition) is 7. The number of benzene rings is 2. The summed E-state index contributed by atoms with van der Waals surface area (Å²) < 4.78 is 49.1. The van der Waals surface area contributed by atoms with Crippen molar-refractivity contribution in [3.05, 3.63) is 71.2 Å². The van der Waals surface area contributed by atoms with Gasteiger partial charge in [-0.05, 0) is 48.2 Å². The van der Waals surface area contributed by atoms with Crippen LogP contribution in [0.25, 0.3) is 0 Å². The third-order valence-electron chi connectivity index (χ3n) is 5.51. The van der Waals surface area contributed by atoms with Crippen molar-refractivity contribution in [3.8, 4) is 0 Å². The SMILES string of the molecule is CC1(C(=O)N(c2ccccc2)c2nccs2)Cc2ccc(N(S(C)(=O)=O)S(C)(=O)=O)cc2C1. The van der Waals surface area contributed by atoms with Crippen LogP contribution in [0.3, 0.4) is 0 Å². The normalized spacial score (nSPS) is 18.0. The maximum atomic E-state index is 13.9. The first-order chi connectivity index (χ1) is 15.4. The van der Waals surface area contributed by atoms with Gasteiger partial charge in [-0.1, -0.05) is 31.2 Å². The third kappa shape index (κ3) is 4.53. The van der Waals surface area contributed by atoms with Gasteiger partial charge < -0.3 is 0 Å². The Balaban J connectivity index is 1.72. The summed E-state index contributed by atoms with van der Waals surface area (Å²) in [5.74, 6) is -0.135. The van der Waals surface area contributed by atoms with E-state index < -0.39 is 25.5 Å². The van der Waals surface area contributed by atoms with Gasteiger partial charge in [-0.2, -0.15) is 3.71 Å². The zero-order valence-electron chi connectivity index (χ0n) is 18.3. The van der Waals surface area contributed by atoms with Crippen LogP contribution in [0.2, 0.25) is 0 Å². The number of sulfonamides is 2. The number of thiazole rings is 1. The summed E-state index contributed by atoms with van der Waals surface area (Å²) in [5, 5.41) is 2.37. The van der Waals surface area contributed by atoms with Crippen LogP contribution in [0.15, 0.2) is 60.1 Å². The molecule has 2 aromatic carbocycles. The number of para-hydroxylation sites is 1. The fourth-order valence-electron chi connectivity index (χ4n) is 4.23. The lowest BCUT2D eigenvalue weighted by atomic mass is 9.85. The van der Waals surface area contributed by atoms with Crippen LogP contribution in [0.4, 0.5) is 16.5 Å². The molecule has 0 fully saturated rings. The molecule has 4 rings (SSSR count). The molecule has 1 aromatic heterocycles. The number of anilines is 3. The molecule has 174 valence electrons. The maximum Gasteiger partial charge on any atom is 0.245 e. The number of rotatable bonds is 6. The Morgan fingerprint density at radius 2 is 1.58 bits per heavy atom. The highest BCUT2D eigenvalue weighted by atomic mass is 32.3. The number of aromatic nitrogens is 1. The molecule has 33 heavy (non-hydrogen) atoms. The summed E-state index contributed by atoms with van der Waals surface area (Å²) in [6, 6.07) is 14.0. The number of carbonyl (C=O) groups excluding carboxylic acids is 1. The second-order valence-corrected chi connectivity index (χ2v) is 13.1. The van der Waals surface area contributed by atoms with Gasteiger partial charge in [-0.25, -0.2) is 21.8 Å². The third-order valence-corrected chi connectivity index (χ3v) is 9.52. The predicted octanol–water partition coefficient (Wildman–Crippen LogP) is 3.34. The number of hydrogen-bond donors (Lipinski definition) is 0. The lowest BCUT2D eigenvalue weighted by molar-refractivity contribution is -0.126. The van der Waals surface area contributed by atoms with E-state index in [1.165, 1.54) is 17.4 Å². The average molecular weight is 506 g/mol. The highest BCUT2D eigenvalue weighted by molar-refractivity contribution is 8.09. The first-order valence-corrected chi connectivity index (χ1v) is 14.6. The van der Waals surface area contributed by atoms with Crippen molar-refractivity contribution < 1.29 is 21.6 Å². The molecule has 0 bridgehead atoms. The van der Waals surface area contributed by atoms with Crippen molar-refractivity contribution in [2.75, 3.05) is 21.1 Å². The maximum absolute atomic E-state index is 13.9. The summed E-state index contributed by atoms with van der Waals surface area (Å²) in [6.07, 6.45) is 4.12. The molecule has 1 aliphatic rings. The van der Waals surface area contributed by atoms with E-state index in [0.717, 1.165) is 23.6 Å². The second-order valence-electron chi connectivity index (χ2n) is 8.38. The molecule has 1 aliphatic carbocycles. The zero-order valence-corrected chi connectivity index (χ0v) is 20.7. The standard InChI is InChI=1S/C22H23N3O5S3/c1-22(20(26)24(21-23-11-12-31-21)18-7-5-4-6-8-18)14-16-9-10-19(13-17(16)15-22)25(32(2,27)28)33(3,29)30/h4-13H,14-15H2,1-3H3. The highest BCUT2D eigenvalue weighted by Crippen LogP contribution is 2.43.